The molecule has 0 aromatic carbocycles. The molecule has 0 aliphatic carbocycles. The van der Waals surface area contributed by atoms with E-state index in [2.05, 4.69) is 43.4 Å². The van der Waals surface area contributed by atoms with E-state index < -0.39 is 5.97 Å². The Kier molecular flexibility index (Phi) is 23.0. The molecule has 2 nitrogen and oxygen atoms in total. The Balaban J connectivity index is 3.58. The Bertz CT molecular complexity index is 537. The van der Waals surface area contributed by atoms with Crippen molar-refractivity contribution < 1.29 is 9.90 Å². The fourth-order valence-corrected chi connectivity index (χ4v) is 3.45. The van der Waals surface area contributed by atoms with Gasteiger partial charge in [0.25, 0.3) is 0 Å². The molecule has 176 valence electrons. The molecule has 0 amide bonds. The van der Waals surface area contributed by atoms with Crippen LogP contribution < -0.4 is 0 Å². The highest BCUT2D eigenvalue weighted by atomic mass is 16.4. The number of allylic oxidation sites excluding steroid dienone is 10. The minimum atomic E-state index is -0.649. The van der Waals surface area contributed by atoms with E-state index in [0.29, 0.717) is 0 Å². The second kappa shape index (κ2) is 24.4. The van der Waals surface area contributed by atoms with Gasteiger partial charge in [0.15, 0.2) is 0 Å². The zero-order valence-corrected chi connectivity index (χ0v) is 20.3. The highest BCUT2D eigenvalue weighted by Gasteiger charge is 2.14. The second-order valence-corrected chi connectivity index (χ2v) is 8.34. The number of carboxylic acid groups (broad SMARTS) is 1. The van der Waals surface area contributed by atoms with Crippen LogP contribution in [0.5, 0.6) is 0 Å². The van der Waals surface area contributed by atoms with Crippen molar-refractivity contribution in [3.8, 4) is 0 Å². The first kappa shape index (κ1) is 29.2. The van der Waals surface area contributed by atoms with Crippen molar-refractivity contribution in [1.29, 1.82) is 0 Å². The van der Waals surface area contributed by atoms with E-state index in [-0.39, 0.29) is 5.92 Å². The Morgan fingerprint density at radius 2 is 1.06 bits per heavy atom. The largest absolute Gasteiger partial charge is 0.481 e. The first-order chi connectivity index (χ1) is 15.2. The van der Waals surface area contributed by atoms with Crippen LogP contribution in [0.1, 0.15) is 110 Å². The van der Waals surface area contributed by atoms with Crippen molar-refractivity contribution in [1.82, 2.24) is 0 Å². The Morgan fingerprint density at radius 3 is 1.61 bits per heavy atom. The summed E-state index contributed by atoms with van der Waals surface area (Å²) in [6.45, 7) is 4.31. The van der Waals surface area contributed by atoms with Crippen molar-refractivity contribution in [2.24, 2.45) is 5.92 Å². The maximum Gasteiger partial charge on any atom is 0.306 e. The number of carbonyl (C=O) groups is 1. The Hall–Kier alpha value is -1.83. The second-order valence-electron chi connectivity index (χ2n) is 8.34. The van der Waals surface area contributed by atoms with Crippen molar-refractivity contribution in [3.05, 3.63) is 60.8 Å². The number of aliphatic carboxylic acids is 1. The number of hydrogen-bond donors (Lipinski definition) is 1. The third kappa shape index (κ3) is 22.7. The minimum Gasteiger partial charge on any atom is -0.481 e. The fourth-order valence-electron chi connectivity index (χ4n) is 3.45. The van der Waals surface area contributed by atoms with Crippen LogP contribution in [0, 0.1) is 5.92 Å². The van der Waals surface area contributed by atoms with E-state index in [0.717, 1.165) is 38.5 Å². The van der Waals surface area contributed by atoms with Crippen LogP contribution >= 0.6 is 0 Å². The maximum atomic E-state index is 11.1. The maximum absolute atomic E-state index is 11.1. The van der Waals surface area contributed by atoms with Gasteiger partial charge in [-0.05, 0) is 64.2 Å². The van der Waals surface area contributed by atoms with Gasteiger partial charge in [-0.1, -0.05) is 107 Å². The standard InChI is InChI=1S/C29H48O2/c1-3-5-6-7-8-9-10-11-12-13-14-15-16-17-18-19-20-21-22-23-24-25-27-28(26-4-2)29(30)31/h10-11,16-23,28H,3-9,12-15,24-27H2,1-2H3,(H,30,31). The smallest absolute Gasteiger partial charge is 0.306 e. The van der Waals surface area contributed by atoms with Crippen LogP contribution in [0.2, 0.25) is 0 Å². The average molecular weight is 429 g/mol. The monoisotopic (exact) mass is 428 g/mol. The summed E-state index contributed by atoms with van der Waals surface area (Å²) in [6, 6.07) is 0. The summed E-state index contributed by atoms with van der Waals surface area (Å²) in [5.41, 5.74) is 0. The molecule has 0 radical (unpaired) electrons. The summed E-state index contributed by atoms with van der Waals surface area (Å²) in [6.07, 6.45) is 38.8. The summed E-state index contributed by atoms with van der Waals surface area (Å²) in [5, 5.41) is 9.13. The molecule has 1 unspecified atom stereocenters. The van der Waals surface area contributed by atoms with Crippen molar-refractivity contribution in [3.63, 3.8) is 0 Å². The van der Waals surface area contributed by atoms with Gasteiger partial charge in [0, 0.05) is 0 Å². The Morgan fingerprint density at radius 1 is 0.581 bits per heavy atom. The van der Waals surface area contributed by atoms with Crippen LogP contribution in [0.4, 0.5) is 0 Å². The Labute approximate surface area is 192 Å². The number of carboxylic acids is 1. The predicted molar refractivity (Wildman–Crippen MR) is 137 cm³/mol. The van der Waals surface area contributed by atoms with Crippen LogP contribution in [-0.2, 0) is 4.79 Å². The number of unbranched alkanes of at least 4 members (excludes halogenated alkanes) is 9. The lowest BCUT2D eigenvalue weighted by Gasteiger charge is -2.09. The molecular weight excluding hydrogens is 380 g/mol. The van der Waals surface area contributed by atoms with E-state index >= 15 is 0 Å². The van der Waals surface area contributed by atoms with Crippen LogP contribution in [-0.4, -0.2) is 11.1 Å². The first-order valence-electron chi connectivity index (χ1n) is 12.7. The molecular formula is C29H48O2. The lowest BCUT2D eigenvalue weighted by atomic mass is 9.97. The zero-order valence-electron chi connectivity index (χ0n) is 20.3. The molecule has 1 N–H and O–H groups in total. The van der Waals surface area contributed by atoms with Gasteiger partial charge in [0.2, 0.25) is 0 Å². The van der Waals surface area contributed by atoms with Crippen molar-refractivity contribution in [2.75, 3.05) is 0 Å². The minimum absolute atomic E-state index is 0.176. The molecule has 0 aromatic rings. The molecule has 0 aliphatic rings. The topological polar surface area (TPSA) is 37.3 Å². The van der Waals surface area contributed by atoms with Crippen molar-refractivity contribution in [2.45, 2.75) is 110 Å². The summed E-state index contributed by atoms with van der Waals surface area (Å²) in [7, 11) is 0. The average Bonchev–Trinajstić information content (AvgIpc) is 2.76. The van der Waals surface area contributed by atoms with Crippen LogP contribution in [0.25, 0.3) is 0 Å². The highest BCUT2D eigenvalue weighted by Crippen LogP contribution is 2.15. The molecule has 2 heteroatoms. The summed E-state index contributed by atoms with van der Waals surface area (Å²) >= 11 is 0. The molecule has 0 rings (SSSR count). The normalized spacial score (nSPS) is 13.6. The predicted octanol–water partition coefficient (Wildman–Crippen LogP) is 9.36. The van der Waals surface area contributed by atoms with Crippen LogP contribution in [0.3, 0.4) is 0 Å². The molecule has 1 atom stereocenters. The van der Waals surface area contributed by atoms with Crippen LogP contribution in [0.15, 0.2) is 60.8 Å². The quantitative estimate of drug-likeness (QED) is 0.112. The van der Waals surface area contributed by atoms with E-state index in [1.807, 2.05) is 31.2 Å². The molecule has 0 spiro atoms. The summed E-state index contributed by atoms with van der Waals surface area (Å²) < 4.78 is 0. The fraction of sp³-hybridized carbons (Fsp3) is 0.621. The van der Waals surface area contributed by atoms with Crippen molar-refractivity contribution >= 4 is 5.97 Å². The van der Waals surface area contributed by atoms with E-state index in [9.17, 15) is 4.79 Å². The number of hydrogen-bond acceptors (Lipinski definition) is 1. The van der Waals surface area contributed by atoms with Gasteiger partial charge < -0.3 is 5.11 Å². The van der Waals surface area contributed by atoms with Gasteiger partial charge in [-0.3, -0.25) is 4.79 Å². The van der Waals surface area contributed by atoms with E-state index in [1.54, 1.807) is 0 Å². The molecule has 0 fully saturated rings. The molecule has 0 aliphatic heterocycles. The molecule has 0 aromatic heterocycles. The SMILES string of the molecule is CCCCCCCC=CCCCCC=CC=CC=CC=CCCCC(CCC)C(=O)O. The molecule has 0 saturated heterocycles. The third-order valence-corrected chi connectivity index (χ3v) is 5.37. The first-order valence-corrected chi connectivity index (χ1v) is 12.7. The van der Waals surface area contributed by atoms with Gasteiger partial charge >= 0.3 is 5.97 Å². The third-order valence-electron chi connectivity index (χ3n) is 5.37. The lowest BCUT2D eigenvalue weighted by Crippen LogP contribution is -2.13. The lowest BCUT2D eigenvalue weighted by molar-refractivity contribution is -0.142. The van der Waals surface area contributed by atoms with E-state index in [4.69, 9.17) is 5.11 Å². The van der Waals surface area contributed by atoms with Gasteiger partial charge in [-0.15, -0.1) is 0 Å². The van der Waals surface area contributed by atoms with E-state index in [1.165, 1.54) is 57.8 Å². The van der Waals surface area contributed by atoms with Gasteiger partial charge in [-0.2, -0.15) is 0 Å². The number of rotatable bonds is 21. The molecule has 0 heterocycles. The molecule has 0 saturated carbocycles. The molecule has 31 heavy (non-hydrogen) atoms. The highest BCUT2D eigenvalue weighted by molar-refractivity contribution is 5.69. The van der Waals surface area contributed by atoms with Gasteiger partial charge in [0.05, 0.1) is 5.92 Å². The zero-order chi connectivity index (χ0) is 22.8. The summed E-state index contributed by atoms with van der Waals surface area (Å²) in [5.74, 6) is -0.825. The molecule has 0 bridgehead atoms. The van der Waals surface area contributed by atoms with Gasteiger partial charge in [0.1, 0.15) is 0 Å². The van der Waals surface area contributed by atoms with Gasteiger partial charge in [-0.25, -0.2) is 0 Å². The summed E-state index contributed by atoms with van der Waals surface area (Å²) in [4.78, 5) is 11.1.